The summed E-state index contributed by atoms with van der Waals surface area (Å²) >= 11 is 0. The number of hydrogen-bond donors (Lipinski definition) is 1. The molecule has 1 fully saturated rings. The van der Waals surface area contributed by atoms with Crippen molar-refractivity contribution in [2.75, 3.05) is 7.11 Å². The molecular weight excluding hydrogens is 426 g/mol. The molecule has 0 radical (unpaired) electrons. The first-order chi connectivity index (χ1) is 15.8. The van der Waals surface area contributed by atoms with Gasteiger partial charge in [-0.3, -0.25) is 24.1 Å². The van der Waals surface area contributed by atoms with Crippen LogP contribution in [0.1, 0.15) is 32.7 Å². The van der Waals surface area contributed by atoms with Crippen molar-refractivity contribution in [3.05, 3.63) is 77.4 Å². The maximum absolute atomic E-state index is 13.2. The maximum Gasteiger partial charge on any atom is 0.329 e. The zero-order valence-corrected chi connectivity index (χ0v) is 17.7. The number of carbonyl (C=O) groups excluding carboxylic acids is 5. The number of carbonyl (C=O) groups is 5. The maximum atomic E-state index is 13.2. The van der Waals surface area contributed by atoms with Crippen LogP contribution in [-0.2, 0) is 19.1 Å². The molecule has 4 rings (SSSR count). The molecular formula is C24H21N3O6. The number of hydrogen-bond acceptors (Lipinski definition) is 6. The van der Waals surface area contributed by atoms with Crippen LogP contribution in [0.3, 0.4) is 0 Å². The quantitative estimate of drug-likeness (QED) is 0.383. The molecule has 0 aliphatic carbocycles. The lowest BCUT2D eigenvalue weighted by atomic mass is 9.89. The van der Waals surface area contributed by atoms with Crippen LogP contribution in [0.2, 0.25) is 0 Å². The van der Waals surface area contributed by atoms with Crippen LogP contribution in [0.5, 0.6) is 0 Å². The minimum atomic E-state index is -1.28. The highest BCUT2D eigenvalue weighted by Crippen LogP contribution is 2.35. The second-order valence-corrected chi connectivity index (χ2v) is 7.69. The zero-order valence-electron chi connectivity index (χ0n) is 17.7. The van der Waals surface area contributed by atoms with Crippen LogP contribution in [-0.4, -0.2) is 64.6 Å². The van der Waals surface area contributed by atoms with Crippen LogP contribution < -0.4 is 5.73 Å². The number of methoxy groups -OCH3 is 1. The van der Waals surface area contributed by atoms with Gasteiger partial charge in [0.25, 0.3) is 11.8 Å². The van der Waals surface area contributed by atoms with Gasteiger partial charge in [0.05, 0.1) is 30.7 Å². The number of amides is 4. The van der Waals surface area contributed by atoms with Crippen molar-refractivity contribution in [3.8, 4) is 0 Å². The molecule has 0 aromatic heterocycles. The number of primary amides is 1. The molecule has 0 unspecified atom stereocenters. The van der Waals surface area contributed by atoms with Crippen LogP contribution in [0.15, 0.2) is 60.7 Å². The van der Waals surface area contributed by atoms with Gasteiger partial charge in [0.15, 0.2) is 0 Å². The molecule has 2 aliphatic rings. The second-order valence-electron chi connectivity index (χ2n) is 7.69. The SMILES string of the molecule is COC(=O)[C@H](CC(N)=O)N1C(=O)[C@H](N2C(=O)c3ccccc3C2=O)[C@@H]1C=Cc1ccccc1. The van der Waals surface area contributed by atoms with Crippen LogP contribution in [0, 0.1) is 0 Å². The topological polar surface area (TPSA) is 127 Å². The molecule has 0 spiro atoms. The van der Waals surface area contributed by atoms with Crippen LogP contribution in [0.4, 0.5) is 0 Å². The predicted molar refractivity (Wildman–Crippen MR) is 116 cm³/mol. The minimum absolute atomic E-state index is 0.209. The lowest BCUT2D eigenvalue weighted by Crippen LogP contribution is -2.74. The Labute approximate surface area is 189 Å². The molecule has 33 heavy (non-hydrogen) atoms. The van der Waals surface area contributed by atoms with E-state index < -0.39 is 54.1 Å². The van der Waals surface area contributed by atoms with Crippen molar-refractivity contribution >= 4 is 35.7 Å². The van der Waals surface area contributed by atoms with Gasteiger partial charge in [0.1, 0.15) is 12.1 Å². The van der Waals surface area contributed by atoms with E-state index in [9.17, 15) is 24.0 Å². The summed E-state index contributed by atoms with van der Waals surface area (Å²) in [5, 5.41) is 0. The van der Waals surface area contributed by atoms with Crippen molar-refractivity contribution in [2.24, 2.45) is 5.73 Å². The molecule has 4 amide bonds. The third kappa shape index (κ3) is 3.78. The van der Waals surface area contributed by atoms with Gasteiger partial charge in [-0.05, 0) is 17.7 Å². The number of nitrogens with zero attached hydrogens (tertiary/aromatic N) is 2. The highest BCUT2D eigenvalue weighted by molar-refractivity contribution is 6.23. The highest BCUT2D eigenvalue weighted by Gasteiger charge is 2.58. The van der Waals surface area contributed by atoms with Gasteiger partial charge in [-0.25, -0.2) is 4.79 Å². The fourth-order valence-electron chi connectivity index (χ4n) is 4.19. The lowest BCUT2D eigenvalue weighted by molar-refractivity contribution is -0.168. The second kappa shape index (κ2) is 8.70. The van der Waals surface area contributed by atoms with E-state index in [1.165, 1.54) is 12.1 Å². The van der Waals surface area contributed by atoms with Crippen molar-refractivity contribution in [1.29, 1.82) is 0 Å². The number of benzene rings is 2. The first-order valence-corrected chi connectivity index (χ1v) is 10.2. The van der Waals surface area contributed by atoms with Crippen molar-refractivity contribution in [2.45, 2.75) is 24.5 Å². The van der Waals surface area contributed by atoms with Gasteiger partial charge in [-0.15, -0.1) is 0 Å². The standard InChI is InChI=1S/C24H21N3O6/c1-33-24(32)18(13-19(25)28)26-17(12-11-14-7-3-2-4-8-14)20(23(26)31)27-21(29)15-9-5-6-10-16(15)22(27)30/h2-12,17-18,20H,13H2,1H3,(H2,25,28)/t17-,18-,20+/m0/s1. The summed E-state index contributed by atoms with van der Waals surface area (Å²) in [6, 6.07) is 12.2. The molecule has 168 valence electrons. The minimum Gasteiger partial charge on any atom is -0.467 e. The molecule has 1 saturated heterocycles. The van der Waals surface area contributed by atoms with E-state index in [1.807, 2.05) is 30.3 Å². The molecule has 2 heterocycles. The monoisotopic (exact) mass is 447 g/mol. The summed E-state index contributed by atoms with van der Waals surface area (Å²) in [4.78, 5) is 65.3. The molecule has 0 bridgehead atoms. The Balaban J connectivity index is 1.72. The first-order valence-electron chi connectivity index (χ1n) is 10.2. The van der Waals surface area contributed by atoms with Gasteiger partial charge in [-0.2, -0.15) is 0 Å². The van der Waals surface area contributed by atoms with E-state index in [4.69, 9.17) is 10.5 Å². The van der Waals surface area contributed by atoms with E-state index in [1.54, 1.807) is 24.3 Å². The van der Waals surface area contributed by atoms with Gasteiger partial charge >= 0.3 is 5.97 Å². The Bertz CT molecular complexity index is 1140. The van der Waals surface area contributed by atoms with Crippen molar-refractivity contribution < 1.29 is 28.7 Å². The zero-order chi connectivity index (χ0) is 23.7. The van der Waals surface area contributed by atoms with Gasteiger partial charge in [0, 0.05) is 0 Å². The van der Waals surface area contributed by atoms with E-state index in [-0.39, 0.29) is 11.1 Å². The van der Waals surface area contributed by atoms with E-state index in [0.29, 0.717) is 0 Å². The van der Waals surface area contributed by atoms with Gasteiger partial charge < -0.3 is 15.4 Å². The number of nitrogens with two attached hydrogens (primary N) is 1. The fourth-order valence-corrected chi connectivity index (χ4v) is 4.19. The highest BCUT2D eigenvalue weighted by atomic mass is 16.5. The largest absolute Gasteiger partial charge is 0.467 e. The third-order valence-corrected chi connectivity index (χ3v) is 5.74. The normalized spacial score (nSPS) is 20.6. The lowest BCUT2D eigenvalue weighted by Gasteiger charge is -2.50. The van der Waals surface area contributed by atoms with E-state index >= 15 is 0 Å². The number of rotatable bonds is 7. The third-order valence-electron chi connectivity index (χ3n) is 5.74. The fraction of sp³-hybridized carbons (Fsp3) is 0.208. The Morgan fingerprint density at radius 2 is 1.58 bits per heavy atom. The molecule has 2 aromatic carbocycles. The summed E-state index contributed by atoms with van der Waals surface area (Å²) in [6.45, 7) is 0. The summed E-state index contributed by atoms with van der Waals surface area (Å²) in [6.07, 6.45) is 2.89. The number of imide groups is 1. The molecule has 2 aliphatic heterocycles. The smallest absolute Gasteiger partial charge is 0.329 e. The number of ether oxygens (including phenoxy) is 1. The van der Waals surface area contributed by atoms with Crippen molar-refractivity contribution in [3.63, 3.8) is 0 Å². The molecule has 9 heteroatoms. The number of likely N-dealkylation sites (tertiary alicyclic amines) is 1. The summed E-state index contributed by atoms with van der Waals surface area (Å²) in [5.41, 5.74) is 6.52. The Kier molecular flexibility index (Phi) is 5.78. The van der Waals surface area contributed by atoms with Gasteiger partial charge in [-0.1, -0.05) is 54.6 Å². The molecule has 3 atom stereocenters. The van der Waals surface area contributed by atoms with E-state index in [0.717, 1.165) is 22.5 Å². The van der Waals surface area contributed by atoms with E-state index in [2.05, 4.69) is 0 Å². The molecule has 2 N–H and O–H groups in total. The summed E-state index contributed by atoms with van der Waals surface area (Å²) in [5.74, 6) is -3.44. The Morgan fingerprint density at radius 3 is 2.12 bits per heavy atom. The Morgan fingerprint density at radius 1 is 1.00 bits per heavy atom. The Hall–Kier alpha value is -4.27. The molecule has 0 saturated carbocycles. The van der Waals surface area contributed by atoms with Gasteiger partial charge in [0.2, 0.25) is 11.8 Å². The average Bonchev–Trinajstić information content (AvgIpc) is 3.06. The molecule has 9 nitrogen and oxygen atoms in total. The number of β-lactam (4-membered cyclic amide) rings is 1. The molecule has 2 aromatic rings. The number of fused-ring (bicyclic) bond motifs is 1. The predicted octanol–water partition coefficient (Wildman–Crippen LogP) is 0.992. The first kappa shape index (κ1) is 21.9. The van der Waals surface area contributed by atoms with Crippen LogP contribution in [0.25, 0.3) is 6.08 Å². The average molecular weight is 447 g/mol. The summed E-state index contributed by atoms with van der Waals surface area (Å²) < 4.78 is 4.77. The van der Waals surface area contributed by atoms with Crippen LogP contribution >= 0.6 is 0 Å². The van der Waals surface area contributed by atoms with Crippen molar-refractivity contribution in [1.82, 2.24) is 9.80 Å². The summed E-state index contributed by atoms with van der Waals surface area (Å²) in [7, 11) is 1.14. The number of esters is 1.